The second kappa shape index (κ2) is 5.48. The van der Waals surface area contributed by atoms with Crippen molar-refractivity contribution in [1.82, 2.24) is 5.32 Å². The molecule has 1 atom stereocenters. The first kappa shape index (κ1) is 13.0. The van der Waals surface area contributed by atoms with E-state index in [2.05, 4.69) is 5.32 Å². The van der Waals surface area contributed by atoms with Crippen LogP contribution in [0, 0.1) is 0 Å². The Morgan fingerprint density at radius 3 is 3.00 bits per heavy atom. The van der Waals surface area contributed by atoms with Gasteiger partial charge >= 0.3 is 5.97 Å². The van der Waals surface area contributed by atoms with Crippen molar-refractivity contribution in [2.45, 2.75) is 18.6 Å². The lowest BCUT2D eigenvalue weighted by Crippen LogP contribution is -2.40. The Morgan fingerprint density at radius 2 is 2.33 bits per heavy atom. The molecule has 5 heteroatoms. The number of carboxylic acids is 1. The maximum absolute atomic E-state index is 10.8. The zero-order valence-corrected chi connectivity index (χ0v) is 10.1. The average Bonchev–Trinajstić information content (AvgIpc) is 2.77. The predicted octanol–water partition coefficient (Wildman–Crippen LogP) is 0.626. The fraction of sp³-hybridized carbons (Fsp3) is 0.462. The third-order valence-corrected chi connectivity index (χ3v) is 3.04. The zero-order chi connectivity index (χ0) is 13.0. The molecule has 1 aromatic rings. The van der Waals surface area contributed by atoms with E-state index in [4.69, 9.17) is 9.84 Å². The molecule has 1 aliphatic rings. The number of carbonyl (C=O) groups is 1. The Bertz CT molecular complexity index is 427. The number of rotatable bonds is 5. The molecule has 0 spiro atoms. The van der Waals surface area contributed by atoms with Crippen LogP contribution in [0.5, 0.6) is 0 Å². The highest BCUT2D eigenvalue weighted by Gasteiger charge is 2.31. The highest BCUT2D eigenvalue weighted by molar-refractivity contribution is 5.87. The number of carboxylic acid groups (broad SMARTS) is 1. The summed E-state index contributed by atoms with van der Waals surface area (Å²) >= 11 is 0. The first-order valence-electron chi connectivity index (χ1n) is 5.92. The van der Waals surface area contributed by atoms with Crippen molar-refractivity contribution < 1.29 is 19.7 Å². The summed E-state index contributed by atoms with van der Waals surface area (Å²) in [5.41, 5.74) is 0.374. The van der Waals surface area contributed by atoms with Crippen LogP contribution in [0.4, 0.5) is 0 Å². The minimum absolute atomic E-state index is 0.275. The van der Waals surface area contributed by atoms with Gasteiger partial charge in [0, 0.05) is 26.1 Å². The molecule has 0 aromatic heterocycles. The Morgan fingerprint density at radius 1 is 1.50 bits per heavy atom. The van der Waals surface area contributed by atoms with Gasteiger partial charge in [-0.05, 0) is 17.7 Å². The van der Waals surface area contributed by atoms with Crippen molar-refractivity contribution in [2.24, 2.45) is 0 Å². The van der Waals surface area contributed by atoms with E-state index in [0.29, 0.717) is 32.7 Å². The Labute approximate surface area is 105 Å². The van der Waals surface area contributed by atoms with Crippen molar-refractivity contribution in [3.8, 4) is 0 Å². The van der Waals surface area contributed by atoms with E-state index in [9.17, 15) is 9.90 Å². The van der Waals surface area contributed by atoms with Gasteiger partial charge in [-0.2, -0.15) is 0 Å². The molecule has 0 amide bonds. The Balaban J connectivity index is 1.86. The third kappa shape index (κ3) is 3.29. The number of nitrogens with one attached hydrogen (secondary N) is 1. The predicted molar refractivity (Wildman–Crippen MR) is 65.5 cm³/mol. The molecule has 18 heavy (non-hydrogen) atoms. The molecule has 1 fully saturated rings. The molecular weight excluding hydrogens is 234 g/mol. The molecule has 1 aliphatic heterocycles. The van der Waals surface area contributed by atoms with Gasteiger partial charge in [0.15, 0.2) is 0 Å². The highest BCUT2D eigenvalue weighted by atomic mass is 16.5. The first-order chi connectivity index (χ1) is 8.59. The van der Waals surface area contributed by atoms with Gasteiger partial charge in [0.05, 0.1) is 12.2 Å². The number of ether oxygens (including phenoxy) is 1. The minimum atomic E-state index is -0.931. The highest BCUT2D eigenvalue weighted by Crippen LogP contribution is 2.17. The third-order valence-electron chi connectivity index (χ3n) is 3.04. The topological polar surface area (TPSA) is 78.8 Å². The van der Waals surface area contributed by atoms with E-state index in [0.717, 1.165) is 5.56 Å². The number of hydrogen-bond acceptors (Lipinski definition) is 4. The molecule has 1 aromatic carbocycles. The summed E-state index contributed by atoms with van der Waals surface area (Å²) < 4.78 is 5.15. The molecular formula is C13H17NO4. The molecule has 0 aliphatic carbocycles. The van der Waals surface area contributed by atoms with Crippen LogP contribution >= 0.6 is 0 Å². The number of hydrogen-bond donors (Lipinski definition) is 3. The standard InChI is InChI=1S/C13H17NO4/c15-12(16)11-3-1-2-10(6-11)7-14-8-13(17)4-5-18-9-13/h1-3,6,14,17H,4-5,7-9H2,(H,15,16). The van der Waals surface area contributed by atoms with Crippen LogP contribution in [-0.2, 0) is 11.3 Å². The van der Waals surface area contributed by atoms with Crippen LogP contribution in [0.1, 0.15) is 22.3 Å². The smallest absolute Gasteiger partial charge is 0.335 e. The van der Waals surface area contributed by atoms with Crippen LogP contribution in [0.15, 0.2) is 24.3 Å². The lowest BCUT2D eigenvalue weighted by atomic mass is 10.0. The maximum Gasteiger partial charge on any atom is 0.335 e. The van der Waals surface area contributed by atoms with E-state index in [-0.39, 0.29) is 5.56 Å². The van der Waals surface area contributed by atoms with Crippen molar-refractivity contribution in [1.29, 1.82) is 0 Å². The number of aromatic carboxylic acids is 1. The summed E-state index contributed by atoms with van der Waals surface area (Å²) in [4.78, 5) is 10.8. The Kier molecular flexibility index (Phi) is 3.96. The van der Waals surface area contributed by atoms with Gasteiger partial charge in [-0.1, -0.05) is 12.1 Å². The van der Waals surface area contributed by atoms with E-state index >= 15 is 0 Å². The maximum atomic E-state index is 10.8. The normalized spacial score (nSPS) is 23.2. The van der Waals surface area contributed by atoms with Crippen molar-refractivity contribution in [2.75, 3.05) is 19.8 Å². The lowest BCUT2D eigenvalue weighted by molar-refractivity contribution is 0.0268. The summed E-state index contributed by atoms with van der Waals surface area (Å²) in [7, 11) is 0. The molecule has 1 saturated heterocycles. The van der Waals surface area contributed by atoms with Crippen molar-refractivity contribution >= 4 is 5.97 Å². The van der Waals surface area contributed by atoms with Crippen molar-refractivity contribution in [3.05, 3.63) is 35.4 Å². The minimum Gasteiger partial charge on any atom is -0.478 e. The lowest BCUT2D eigenvalue weighted by Gasteiger charge is -2.20. The average molecular weight is 251 g/mol. The summed E-state index contributed by atoms with van der Waals surface area (Å²) in [6, 6.07) is 6.76. The fourth-order valence-electron chi connectivity index (χ4n) is 1.99. The second-order valence-corrected chi connectivity index (χ2v) is 4.64. The zero-order valence-electron chi connectivity index (χ0n) is 10.1. The molecule has 0 saturated carbocycles. The van der Waals surface area contributed by atoms with Crippen LogP contribution < -0.4 is 5.32 Å². The molecule has 98 valence electrons. The monoisotopic (exact) mass is 251 g/mol. The van der Waals surface area contributed by atoms with Gasteiger partial charge in [0.1, 0.15) is 5.60 Å². The van der Waals surface area contributed by atoms with E-state index in [1.165, 1.54) is 0 Å². The van der Waals surface area contributed by atoms with Gasteiger partial charge in [0.25, 0.3) is 0 Å². The quantitative estimate of drug-likeness (QED) is 0.715. The van der Waals surface area contributed by atoms with Gasteiger partial charge in [-0.15, -0.1) is 0 Å². The van der Waals surface area contributed by atoms with E-state index < -0.39 is 11.6 Å². The van der Waals surface area contributed by atoms with Crippen LogP contribution in [-0.4, -0.2) is 41.5 Å². The molecule has 2 rings (SSSR count). The molecule has 5 nitrogen and oxygen atoms in total. The molecule has 0 bridgehead atoms. The Hall–Kier alpha value is -1.43. The summed E-state index contributed by atoms with van der Waals surface area (Å²) in [5.74, 6) is -0.931. The summed E-state index contributed by atoms with van der Waals surface area (Å²) in [6.45, 7) is 1.93. The van der Waals surface area contributed by atoms with Gasteiger partial charge in [-0.25, -0.2) is 4.79 Å². The van der Waals surface area contributed by atoms with Gasteiger partial charge in [0.2, 0.25) is 0 Å². The van der Waals surface area contributed by atoms with Crippen molar-refractivity contribution in [3.63, 3.8) is 0 Å². The van der Waals surface area contributed by atoms with E-state index in [1.54, 1.807) is 18.2 Å². The van der Waals surface area contributed by atoms with E-state index in [1.807, 2.05) is 6.07 Å². The molecule has 3 N–H and O–H groups in total. The fourth-order valence-corrected chi connectivity index (χ4v) is 1.99. The summed E-state index contributed by atoms with van der Waals surface area (Å²) in [6.07, 6.45) is 0.634. The van der Waals surface area contributed by atoms with Crippen LogP contribution in [0.25, 0.3) is 0 Å². The molecule has 0 radical (unpaired) electrons. The largest absolute Gasteiger partial charge is 0.478 e. The molecule has 1 heterocycles. The summed E-state index contributed by atoms with van der Waals surface area (Å²) in [5, 5.41) is 22.0. The van der Waals surface area contributed by atoms with Gasteiger partial charge in [-0.3, -0.25) is 0 Å². The number of aliphatic hydroxyl groups is 1. The molecule has 1 unspecified atom stereocenters. The first-order valence-corrected chi connectivity index (χ1v) is 5.92. The van der Waals surface area contributed by atoms with Crippen LogP contribution in [0.2, 0.25) is 0 Å². The SMILES string of the molecule is O=C(O)c1cccc(CNCC2(O)CCOC2)c1. The second-order valence-electron chi connectivity index (χ2n) is 4.64. The van der Waals surface area contributed by atoms with Crippen LogP contribution in [0.3, 0.4) is 0 Å². The van der Waals surface area contributed by atoms with Gasteiger partial charge < -0.3 is 20.3 Å². The number of benzene rings is 1.